The van der Waals surface area contributed by atoms with Gasteiger partial charge in [0.05, 0.1) is 13.2 Å². The molecule has 3 aliphatic rings. The van der Waals surface area contributed by atoms with Crippen molar-refractivity contribution in [3.63, 3.8) is 0 Å². The second-order valence-corrected chi connectivity index (χ2v) is 12.0. The molecule has 1 unspecified atom stereocenters. The van der Waals surface area contributed by atoms with Gasteiger partial charge in [0.2, 0.25) is 0 Å². The van der Waals surface area contributed by atoms with Crippen molar-refractivity contribution in [3.8, 4) is 11.5 Å². The third-order valence-electron chi connectivity index (χ3n) is 8.38. The van der Waals surface area contributed by atoms with E-state index in [0.717, 1.165) is 81.8 Å². The van der Waals surface area contributed by atoms with Crippen LogP contribution in [-0.2, 0) is 4.79 Å². The van der Waals surface area contributed by atoms with E-state index >= 15 is 0 Å². The number of nitrogens with zero attached hydrogens (tertiary/aromatic N) is 3. The van der Waals surface area contributed by atoms with Crippen LogP contribution in [0, 0.1) is 0 Å². The molecule has 3 saturated heterocycles. The van der Waals surface area contributed by atoms with E-state index in [9.17, 15) is 19.2 Å². The third-order valence-corrected chi connectivity index (χ3v) is 8.38. The Hall–Kier alpha value is -3.80. The predicted molar refractivity (Wildman–Crippen MR) is 171 cm³/mol. The first-order valence-electron chi connectivity index (χ1n) is 16.0. The van der Waals surface area contributed by atoms with Gasteiger partial charge >= 0.3 is 6.03 Å². The first-order valence-corrected chi connectivity index (χ1v) is 16.0. The average Bonchev–Trinajstić information content (AvgIpc) is 3.72. The summed E-state index contributed by atoms with van der Waals surface area (Å²) in [6.45, 7) is 9.94. The van der Waals surface area contributed by atoms with Crippen LogP contribution in [0.3, 0.4) is 0 Å². The van der Waals surface area contributed by atoms with Gasteiger partial charge in [-0.3, -0.25) is 14.4 Å². The highest BCUT2D eigenvalue weighted by Crippen LogP contribution is 2.26. The summed E-state index contributed by atoms with van der Waals surface area (Å²) >= 11 is 0. The Balaban J connectivity index is 0.000000215. The monoisotopic (exact) mass is 621 g/mol. The van der Waals surface area contributed by atoms with E-state index in [1.54, 1.807) is 50.2 Å². The number of benzene rings is 2. The minimum Gasteiger partial charge on any atom is -0.494 e. The van der Waals surface area contributed by atoms with E-state index in [2.05, 4.69) is 10.2 Å². The van der Waals surface area contributed by atoms with Crippen molar-refractivity contribution in [2.75, 3.05) is 39.4 Å². The van der Waals surface area contributed by atoms with Crippen LogP contribution in [0.2, 0.25) is 0 Å². The van der Waals surface area contributed by atoms with Crippen LogP contribution in [0.1, 0.15) is 80.0 Å². The van der Waals surface area contributed by atoms with Crippen molar-refractivity contribution < 1.29 is 28.7 Å². The number of Topliss-reactive ketones (excluding diaryl/α,β-unsaturated/α-hetero) is 2. The Morgan fingerprint density at radius 2 is 1.44 bits per heavy atom. The fourth-order valence-electron chi connectivity index (χ4n) is 5.84. The molecule has 11 heteroatoms. The Kier molecular flexibility index (Phi) is 12.5. The van der Waals surface area contributed by atoms with E-state index in [4.69, 9.17) is 15.2 Å². The van der Waals surface area contributed by atoms with E-state index in [0.29, 0.717) is 24.8 Å². The number of urea groups is 1. The molecule has 2 aromatic carbocycles. The molecule has 0 bridgehead atoms. The van der Waals surface area contributed by atoms with Crippen molar-refractivity contribution >= 4 is 23.5 Å². The number of nitrogens with one attached hydrogen (secondary N) is 1. The van der Waals surface area contributed by atoms with Crippen molar-refractivity contribution in [1.29, 1.82) is 0 Å². The summed E-state index contributed by atoms with van der Waals surface area (Å²) in [6, 6.07) is 14.2. The topological polar surface area (TPSA) is 135 Å². The van der Waals surface area contributed by atoms with Gasteiger partial charge < -0.3 is 25.4 Å². The molecule has 0 radical (unpaired) electrons. The Bertz CT molecular complexity index is 1300. The van der Waals surface area contributed by atoms with Crippen LogP contribution in [-0.4, -0.2) is 95.9 Å². The molecular formula is C34H47N5O6. The third kappa shape index (κ3) is 9.84. The summed E-state index contributed by atoms with van der Waals surface area (Å²) in [5.41, 5.74) is 7.25. The molecule has 3 heterocycles. The maximum atomic E-state index is 12.2. The molecule has 5 rings (SSSR count). The SMILES string of the molecule is CC(=O)c1ccc(OCCCC2CCCN2N2C(=O)N[C@H](C)C2=O)cc1.CC(=O)c1ccc(OCCCN2CC[C@@H](N)C2)cc1. The highest BCUT2D eigenvalue weighted by Gasteiger charge is 2.43. The predicted octanol–water partition coefficient (Wildman–Crippen LogP) is 4.06. The smallest absolute Gasteiger partial charge is 0.339 e. The molecular weight excluding hydrogens is 574 g/mol. The van der Waals surface area contributed by atoms with Crippen LogP contribution in [0.15, 0.2) is 48.5 Å². The van der Waals surface area contributed by atoms with Gasteiger partial charge in [-0.15, -0.1) is 0 Å². The molecule has 0 spiro atoms. The average molecular weight is 622 g/mol. The molecule has 11 nitrogen and oxygen atoms in total. The van der Waals surface area contributed by atoms with Crippen LogP contribution >= 0.6 is 0 Å². The van der Waals surface area contributed by atoms with Crippen molar-refractivity contribution in [3.05, 3.63) is 59.7 Å². The number of ether oxygens (including phenoxy) is 2. The molecule has 3 N–H and O–H groups in total. The van der Waals surface area contributed by atoms with E-state index < -0.39 is 6.04 Å². The lowest BCUT2D eigenvalue weighted by Crippen LogP contribution is -2.49. The molecule has 0 aromatic heterocycles. The van der Waals surface area contributed by atoms with Gasteiger partial charge in [-0.25, -0.2) is 9.80 Å². The highest BCUT2D eigenvalue weighted by molar-refractivity contribution is 6.03. The summed E-state index contributed by atoms with van der Waals surface area (Å²) in [6.07, 6.45) is 5.74. The standard InChI is InChI=1S/C19H25N3O4.C15H22N2O2/c1-13-18(24)22(19(25)20-13)21-11-3-5-16(21)6-4-12-26-17-9-7-15(8-10-17)14(2)23;1-12(18)13-3-5-15(6-4-13)19-10-2-8-17-9-7-14(16)11-17/h7-10,13,16H,3-6,11-12H2,1-2H3,(H,20,25);3-6,14H,2,7-11,16H2,1H3/t13-,16?;14-/m11/s1. The van der Waals surface area contributed by atoms with Crippen molar-refractivity contribution in [2.45, 2.75) is 77.4 Å². The zero-order chi connectivity index (χ0) is 32.3. The minimum absolute atomic E-state index is 0.0349. The fourth-order valence-corrected chi connectivity index (χ4v) is 5.84. The highest BCUT2D eigenvalue weighted by atomic mass is 16.5. The number of hydrogen-bond donors (Lipinski definition) is 2. The van der Waals surface area contributed by atoms with Gasteiger partial charge in [0.15, 0.2) is 11.6 Å². The number of hydrazine groups is 1. The van der Waals surface area contributed by atoms with Crippen LogP contribution in [0.4, 0.5) is 4.79 Å². The van der Waals surface area contributed by atoms with Crippen LogP contribution in [0.25, 0.3) is 0 Å². The number of amides is 3. The van der Waals surface area contributed by atoms with Crippen molar-refractivity contribution in [2.24, 2.45) is 5.73 Å². The summed E-state index contributed by atoms with van der Waals surface area (Å²) < 4.78 is 11.4. The lowest BCUT2D eigenvalue weighted by atomic mass is 10.1. The number of nitrogens with two attached hydrogens (primary N) is 1. The number of imide groups is 1. The Morgan fingerprint density at radius 1 is 0.867 bits per heavy atom. The fraction of sp³-hybridized carbons (Fsp3) is 0.529. The Labute approximate surface area is 266 Å². The number of carbonyl (C=O) groups is 4. The molecule has 45 heavy (non-hydrogen) atoms. The molecule has 3 amide bonds. The molecule has 3 aliphatic heterocycles. The largest absolute Gasteiger partial charge is 0.494 e. The van der Waals surface area contributed by atoms with Gasteiger partial charge in [-0.1, -0.05) is 0 Å². The normalized spacial score (nSPS) is 21.8. The van der Waals surface area contributed by atoms with Gasteiger partial charge in [0.25, 0.3) is 5.91 Å². The van der Waals surface area contributed by atoms with E-state index in [-0.39, 0.29) is 29.5 Å². The number of carbonyl (C=O) groups excluding carboxylic acids is 4. The second-order valence-electron chi connectivity index (χ2n) is 12.0. The lowest BCUT2D eigenvalue weighted by molar-refractivity contribution is -0.140. The second kappa shape index (κ2) is 16.5. The van der Waals surface area contributed by atoms with E-state index in [1.165, 1.54) is 11.9 Å². The maximum absolute atomic E-state index is 12.2. The zero-order valence-corrected chi connectivity index (χ0v) is 26.7. The molecule has 244 valence electrons. The zero-order valence-electron chi connectivity index (χ0n) is 26.7. The van der Waals surface area contributed by atoms with Gasteiger partial charge in [0.1, 0.15) is 17.5 Å². The number of rotatable bonds is 13. The minimum atomic E-state index is -0.454. The summed E-state index contributed by atoms with van der Waals surface area (Å²) in [5, 5.41) is 5.85. The number of ketones is 2. The van der Waals surface area contributed by atoms with Crippen LogP contribution in [0.5, 0.6) is 11.5 Å². The number of likely N-dealkylation sites (tertiary alicyclic amines) is 1. The summed E-state index contributed by atoms with van der Waals surface area (Å²) in [5.74, 6) is 1.50. The first-order chi connectivity index (χ1) is 21.6. The lowest BCUT2D eigenvalue weighted by Gasteiger charge is -2.30. The molecule has 3 atom stereocenters. The molecule has 0 aliphatic carbocycles. The quantitative estimate of drug-likeness (QED) is 0.193. The van der Waals surface area contributed by atoms with E-state index in [1.807, 2.05) is 17.1 Å². The number of hydrogen-bond acceptors (Lipinski definition) is 9. The maximum Gasteiger partial charge on any atom is 0.339 e. The summed E-state index contributed by atoms with van der Waals surface area (Å²) in [4.78, 5) is 49.0. The summed E-state index contributed by atoms with van der Waals surface area (Å²) in [7, 11) is 0. The van der Waals surface area contributed by atoms with Crippen LogP contribution < -0.4 is 20.5 Å². The molecule has 0 saturated carbocycles. The van der Waals surface area contributed by atoms with Gasteiger partial charge in [-0.05, 0) is 114 Å². The molecule has 2 aromatic rings. The van der Waals surface area contributed by atoms with Crippen molar-refractivity contribution in [1.82, 2.24) is 20.2 Å². The first kappa shape index (κ1) is 34.1. The van der Waals surface area contributed by atoms with Gasteiger partial charge in [-0.2, -0.15) is 5.01 Å². The molecule has 3 fully saturated rings. The van der Waals surface area contributed by atoms with Gasteiger partial charge in [0, 0.05) is 42.8 Å². The Morgan fingerprint density at radius 3 is 1.93 bits per heavy atom.